The van der Waals surface area contributed by atoms with E-state index in [0.29, 0.717) is 13.1 Å². The van der Waals surface area contributed by atoms with Crippen LogP contribution >= 0.6 is 0 Å². The zero-order chi connectivity index (χ0) is 9.40. The van der Waals surface area contributed by atoms with E-state index in [2.05, 4.69) is 12.5 Å². The predicted molar refractivity (Wildman–Crippen MR) is 47.3 cm³/mol. The number of hydrogen-bond acceptors (Lipinski definition) is 2. The second-order valence-corrected chi connectivity index (χ2v) is 2.23. The maximum Gasteiger partial charge on any atom is 0.234 e. The molecule has 1 N–H and O–H groups in total. The number of carbonyl (C=O) groups is 1. The SMILES string of the molecule is C#CCC(=O)N(CC=C)CCO. The minimum Gasteiger partial charge on any atom is -0.395 e. The van der Waals surface area contributed by atoms with Crippen LogP contribution in [0.2, 0.25) is 0 Å². The number of rotatable bonds is 5. The Morgan fingerprint density at radius 1 is 1.75 bits per heavy atom. The van der Waals surface area contributed by atoms with Gasteiger partial charge in [0, 0.05) is 13.1 Å². The van der Waals surface area contributed by atoms with Crippen LogP contribution in [-0.4, -0.2) is 35.6 Å². The molecule has 0 aromatic heterocycles. The van der Waals surface area contributed by atoms with E-state index in [4.69, 9.17) is 11.5 Å². The zero-order valence-corrected chi connectivity index (χ0v) is 6.99. The third kappa shape index (κ3) is 3.79. The molecule has 0 aromatic rings. The average Bonchev–Trinajstić information content (AvgIpc) is 2.04. The monoisotopic (exact) mass is 167 g/mol. The number of amides is 1. The Morgan fingerprint density at radius 3 is 2.83 bits per heavy atom. The third-order valence-electron chi connectivity index (χ3n) is 1.33. The smallest absolute Gasteiger partial charge is 0.234 e. The molecule has 0 atom stereocenters. The topological polar surface area (TPSA) is 40.5 Å². The lowest BCUT2D eigenvalue weighted by atomic mass is 10.3. The maximum absolute atomic E-state index is 11.1. The van der Waals surface area contributed by atoms with Crippen molar-refractivity contribution in [3.8, 4) is 12.3 Å². The van der Waals surface area contributed by atoms with Gasteiger partial charge in [-0.1, -0.05) is 12.0 Å². The first-order valence-corrected chi connectivity index (χ1v) is 3.69. The van der Waals surface area contributed by atoms with E-state index in [-0.39, 0.29) is 18.9 Å². The summed E-state index contributed by atoms with van der Waals surface area (Å²) in [5, 5.41) is 8.60. The highest BCUT2D eigenvalue weighted by atomic mass is 16.3. The van der Waals surface area contributed by atoms with Crippen LogP contribution < -0.4 is 0 Å². The quantitative estimate of drug-likeness (QED) is 0.463. The Bertz CT molecular complexity index is 193. The van der Waals surface area contributed by atoms with Crippen LogP contribution in [0.4, 0.5) is 0 Å². The largest absolute Gasteiger partial charge is 0.395 e. The lowest BCUT2D eigenvalue weighted by Gasteiger charge is -2.18. The number of aliphatic hydroxyl groups is 1. The van der Waals surface area contributed by atoms with Crippen molar-refractivity contribution in [2.45, 2.75) is 6.42 Å². The average molecular weight is 167 g/mol. The Balaban J connectivity index is 4.00. The molecule has 0 saturated heterocycles. The third-order valence-corrected chi connectivity index (χ3v) is 1.33. The van der Waals surface area contributed by atoms with E-state index in [1.165, 1.54) is 4.90 Å². The van der Waals surface area contributed by atoms with Gasteiger partial charge in [-0.05, 0) is 0 Å². The van der Waals surface area contributed by atoms with Gasteiger partial charge in [0.1, 0.15) is 0 Å². The van der Waals surface area contributed by atoms with E-state index in [1.54, 1.807) is 6.08 Å². The Morgan fingerprint density at radius 2 is 2.42 bits per heavy atom. The predicted octanol–water partition coefficient (Wildman–Crippen LogP) is 0.0166. The normalized spacial score (nSPS) is 8.67. The summed E-state index contributed by atoms with van der Waals surface area (Å²) in [6, 6.07) is 0. The molecule has 0 aliphatic rings. The van der Waals surface area contributed by atoms with Gasteiger partial charge >= 0.3 is 0 Å². The first-order chi connectivity index (χ1) is 5.76. The van der Waals surface area contributed by atoms with Gasteiger partial charge in [-0.2, -0.15) is 0 Å². The fourth-order valence-electron chi connectivity index (χ4n) is 0.793. The minimum atomic E-state index is -0.147. The summed E-state index contributed by atoms with van der Waals surface area (Å²) in [5.41, 5.74) is 0. The summed E-state index contributed by atoms with van der Waals surface area (Å²) in [4.78, 5) is 12.6. The summed E-state index contributed by atoms with van der Waals surface area (Å²) in [5.74, 6) is 2.11. The van der Waals surface area contributed by atoms with E-state index >= 15 is 0 Å². The molecule has 3 nitrogen and oxygen atoms in total. The molecule has 1 amide bonds. The van der Waals surface area contributed by atoms with Crippen LogP contribution in [-0.2, 0) is 4.79 Å². The van der Waals surface area contributed by atoms with Crippen LogP contribution in [0.1, 0.15) is 6.42 Å². The molecule has 3 heteroatoms. The standard InChI is InChI=1S/C9H13NO2/c1-3-5-9(12)10(6-4-2)7-8-11/h1,4,11H,2,5-8H2. The maximum atomic E-state index is 11.1. The molecular weight excluding hydrogens is 154 g/mol. The van der Waals surface area contributed by atoms with Gasteiger partial charge < -0.3 is 10.0 Å². The lowest BCUT2D eigenvalue weighted by Crippen LogP contribution is -2.33. The van der Waals surface area contributed by atoms with Crippen LogP contribution in [0.3, 0.4) is 0 Å². The van der Waals surface area contributed by atoms with Crippen molar-refractivity contribution in [1.82, 2.24) is 4.90 Å². The van der Waals surface area contributed by atoms with Gasteiger partial charge in [0.2, 0.25) is 5.91 Å². The van der Waals surface area contributed by atoms with Gasteiger partial charge in [0.25, 0.3) is 0 Å². The van der Waals surface area contributed by atoms with Crippen LogP contribution in [0.15, 0.2) is 12.7 Å². The fraction of sp³-hybridized carbons (Fsp3) is 0.444. The lowest BCUT2D eigenvalue weighted by molar-refractivity contribution is -0.130. The molecule has 0 rings (SSSR count). The van der Waals surface area contributed by atoms with Crippen LogP contribution in [0.25, 0.3) is 0 Å². The summed E-state index contributed by atoms with van der Waals surface area (Å²) in [7, 11) is 0. The van der Waals surface area contributed by atoms with Crippen molar-refractivity contribution in [3.63, 3.8) is 0 Å². The first-order valence-electron chi connectivity index (χ1n) is 3.69. The molecule has 0 fully saturated rings. The van der Waals surface area contributed by atoms with Crippen molar-refractivity contribution in [2.24, 2.45) is 0 Å². The molecule has 0 bridgehead atoms. The Labute approximate surface area is 72.7 Å². The first kappa shape index (κ1) is 10.7. The summed E-state index contributed by atoms with van der Waals surface area (Å²) in [6.07, 6.45) is 6.65. The number of nitrogens with zero attached hydrogens (tertiary/aromatic N) is 1. The Hall–Kier alpha value is -1.27. The van der Waals surface area contributed by atoms with Crippen molar-refractivity contribution >= 4 is 5.91 Å². The molecule has 0 unspecified atom stereocenters. The Kier molecular flexibility index (Phi) is 5.76. The van der Waals surface area contributed by atoms with E-state index < -0.39 is 0 Å². The van der Waals surface area contributed by atoms with Crippen LogP contribution in [0, 0.1) is 12.3 Å². The molecule has 0 aliphatic carbocycles. The number of carbonyl (C=O) groups excluding carboxylic acids is 1. The minimum absolute atomic E-state index is 0.0514. The van der Waals surface area contributed by atoms with Gasteiger partial charge in [0.05, 0.1) is 13.0 Å². The molecule has 0 spiro atoms. The van der Waals surface area contributed by atoms with Gasteiger partial charge in [-0.15, -0.1) is 13.0 Å². The van der Waals surface area contributed by atoms with Gasteiger partial charge in [-0.25, -0.2) is 0 Å². The molecule has 0 saturated carbocycles. The summed E-state index contributed by atoms with van der Waals surface area (Å²) in [6.45, 7) is 4.19. The highest BCUT2D eigenvalue weighted by molar-refractivity contribution is 5.78. The second kappa shape index (κ2) is 6.44. The molecule has 0 aliphatic heterocycles. The van der Waals surface area contributed by atoms with Crippen molar-refractivity contribution in [2.75, 3.05) is 19.7 Å². The van der Waals surface area contributed by atoms with Crippen molar-refractivity contribution < 1.29 is 9.90 Å². The van der Waals surface area contributed by atoms with E-state index in [1.807, 2.05) is 0 Å². The molecular formula is C9H13NO2. The second-order valence-electron chi connectivity index (χ2n) is 2.23. The van der Waals surface area contributed by atoms with Gasteiger partial charge in [-0.3, -0.25) is 4.79 Å². The molecule has 0 aromatic carbocycles. The number of hydrogen-bond donors (Lipinski definition) is 1. The van der Waals surface area contributed by atoms with Gasteiger partial charge in [0.15, 0.2) is 0 Å². The molecule has 66 valence electrons. The highest BCUT2D eigenvalue weighted by Gasteiger charge is 2.08. The highest BCUT2D eigenvalue weighted by Crippen LogP contribution is 1.93. The number of terminal acetylenes is 1. The summed E-state index contributed by atoms with van der Waals surface area (Å²) >= 11 is 0. The molecule has 12 heavy (non-hydrogen) atoms. The van der Waals surface area contributed by atoms with Crippen molar-refractivity contribution in [1.29, 1.82) is 0 Å². The molecule has 0 heterocycles. The zero-order valence-electron chi connectivity index (χ0n) is 6.99. The number of aliphatic hydroxyl groups excluding tert-OH is 1. The summed E-state index contributed by atoms with van der Waals surface area (Å²) < 4.78 is 0. The van der Waals surface area contributed by atoms with Crippen LogP contribution in [0.5, 0.6) is 0 Å². The van der Waals surface area contributed by atoms with Crippen molar-refractivity contribution in [3.05, 3.63) is 12.7 Å². The van der Waals surface area contributed by atoms with E-state index in [0.717, 1.165) is 0 Å². The van der Waals surface area contributed by atoms with E-state index in [9.17, 15) is 4.79 Å². The molecule has 0 radical (unpaired) electrons. The fourth-order valence-corrected chi connectivity index (χ4v) is 0.793.